The van der Waals surface area contributed by atoms with Crippen molar-refractivity contribution in [1.29, 1.82) is 0 Å². The molecule has 2 heteroatoms. The maximum Gasteiger partial charge on any atom is 0.122 e. The zero-order chi connectivity index (χ0) is 21.0. The van der Waals surface area contributed by atoms with Crippen molar-refractivity contribution in [3.8, 4) is 5.75 Å². The van der Waals surface area contributed by atoms with Gasteiger partial charge in [-0.25, -0.2) is 0 Å². The van der Waals surface area contributed by atoms with E-state index < -0.39 is 0 Å². The van der Waals surface area contributed by atoms with E-state index in [4.69, 9.17) is 0 Å². The molecule has 4 saturated carbocycles. The number of rotatable bonds is 3. The van der Waals surface area contributed by atoms with Gasteiger partial charge in [-0.3, -0.25) is 0 Å². The van der Waals surface area contributed by atoms with Gasteiger partial charge < -0.3 is 10.2 Å². The van der Waals surface area contributed by atoms with Crippen molar-refractivity contribution in [2.45, 2.75) is 91.9 Å². The van der Waals surface area contributed by atoms with E-state index in [1.54, 1.807) is 0 Å². The molecule has 2 N–H and O–H groups in total. The zero-order valence-corrected chi connectivity index (χ0v) is 19.3. The number of hydrogen-bond donors (Lipinski definition) is 2. The van der Waals surface area contributed by atoms with Crippen LogP contribution in [0.1, 0.15) is 103 Å². The van der Waals surface area contributed by atoms with Gasteiger partial charge in [0.25, 0.3) is 0 Å². The molecule has 4 bridgehead atoms. The molecule has 29 heavy (non-hydrogen) atoms. The Bertz CT molecular complexity index is 854. The topological polar surface area (TPSA) is 40.5 Å². The van der Waals surface area contributed by atoms with Crippen LogP contribution in [-0.2, 0) is 0 Å². The summed E-state index contributed by atoms with van der Waals surface area (Å²) >= 11 is 0. The van der Waals surface area contributed by atoms with Gasteiger partial charge >= 0.3 is 0 Å². The summed E-state index contributed by atoms with van der Waals surface area (Å²) in [6, 6.07) is 6.58. The second-order valence-corrected chi connectivity index (χ2v) is 12.7. The van der Waals surface area contributed by atoms with Gasteiger partial charge in [0.15, 0.2) is 0 Å². The number of benzene rings is 1. The van der Waals surface area contributed by atoms with E-state index >= 15 is 0 Å². The van der Waals surface area contributed by atoms with Gasteiger partial charge in [0.05, 0.1) is 0 Å². The van der Waals surface area contributed by atoms with E-state index in [2.05, 4.69) is 59.7 Å². The van der Waals surface area contributed by atoms with Crippen molar-refractivity contribution in [3.05, 3.63) is 29.3 Å². The number of para-hydroxylation sites is 1. The van der Waals surface area contributed by atoms with Gasteiger partial charge in [-0.05, 0) is 94.5 Å². The molecule has 160 valence electrons. The second-order valence-electron chi connectivity index (χ2n) is 12.7. The quantitative estimate of drug-likeness (QED) is 0.603. The van der Waals surface area contributed by atoms with E-state index in [1.165, 1.54) is 24.8 Å². The van der Waals surface area contributed by atoms with Crippen LogP contribution < -0.4 is 0 Å². The molecule has 6 atom stereocenters. The van der Waals surface area contributed by atoms with Crippen LogP contribution in [0.2, 0.25) is 0 Å². The van der Waals surface area contributed by atoms with Crippen LogP contribution in [-0.4, -0.2) is 16.8 Å². The Labute approximate surface area is 177 Å². The summed E-state index contributed by atoms with van der Waals surface area (Å²) in [7, 11) is 0. The van der Waals surface area contributed by atoms with Crippen molar-refractivity contribution < 1.29 is 10.2 Å². The summed E-state index contributed by atoms with van der Waals surface area (Å²) in [4.78, 5) is 0. The predicted octanol–water partition coefficient (Wildman–Crippen LogP) is 6.61. The number of aliphatic hydroxyl groups is 1. The van der Waals surface area contributed by atoms with E-state index in [-0.39, 0.29) is 28.3 Å². The van der Waals surface area contributed by atoms with Crippen LogP contribution in [0.25, 0.3) is 0 Å². The fraction of sp³-hybridized carbons (Fsp3) is 0.778. The zero-order valence-electron chi connectivity index (χ0n) is 19.3. The smallest absolute Gasteiger partial charge is 0.122 e. The number of phenolic OH excluding ortho intramolecular Hbond substituents is 1. The minimum absolute atomic E-state index is 0.00470. The summed E-state index contributed by atoms with van der Waals surface area (Å²) in [5.41, 5.74) is 3.18. The largest absolute Gasteiger partial charge is 0.507 e. The van der Waals surface area contributed by atoms with Gasteiger partial charge in [-0.1, -0.05) is 59.7 Å². The number of hydrogen-bond acceptors (Lipinski definition) is 2. The molecule has 5 rings (SSSR count). The van der Waals surface area contributed by atoms with Crippen LogP contribution in [0.4, 0.5) is 0 Å². The average Bonchev–Trinajstić information content (AvgIpc) is 3.17. The van der Waals surface area contributed by atoms with Crippen molar-refractivity contribution in [2.24, 2.45) is 33.0 Å². The van der Waals surface area contributed by atoms with E-state index in [0.717, 1.165) is 30.7 Å². The van der Waals surface area contributed by atoms with Gasteiger partial charge in [0, 0.05) is 6.61 Å². The highest BCUT2D eigenvalue weighted by Crippen LogP contribution is 2.77. The van der Waals surface area contributed by atoms with Crippen molar-refractivity contribution >= 4 is 0 Å². The third kappa shape index (κ3) is 2.03. The van der Waals surface area contributed by atoms with E-state index in [9.17, 15) is 10.2 Å². The Morgan fingerprint density at radius 3 is 2.07 bits per heavy atom. The van der Waals surface area contributed by atoms with Crippen LogP contribution in [0.5, 0.6) is 5.75 Å². The number of aromatic hydroxyl groups is 1. The van der Waals surface area contributed by atoms with E-state index in [1.807, 2.05) is 0 Å². The van der Waals surface area contributed by atoms with Crippen molar-refractivity contribution in [2.75, 3.05) is 6.61 Å². The molecule has 0 aliphatic heterocycles. The molecule has 1 aromatic carbocycles. The normalized spacial score (nSPS) is 46.5. The molecule has 4 fully saturated rings. The lowest BCUT2D eigenvalue weighted by Gasteiger charge is -2.42. The SMILES string of the molecule is CC1(C)C2CCC1(C)C(c1cccc(C3CC4(CO)CCC3(C)C4(C)C)c1O)C2. The summed E-state index contributed by atoms with van der Waals surface area (Å²) in [5, 5.41) is 22.0. The first-order valence-electron chi connectivity index (χ1n) is 11.9. The Hall–Kier alpha value is -1.02. The van der Waals surface area contributed by atoms with Gasteiger partial charge in [0.1, 0.15) is 5.75 Å². The van der Waals surface area contributed by atoms with E-state index in [0.29, 0.717) is 23.0 Å². The van der Waals surface area contributed by atoms with Crippen LogP contribution in [0.15, 0.2) is 18.2 Å². The third-order valence-corrected chi connectivity index (χ3v) is 12.2. The van der Waals surface area contributed by atoms with Crippen molar-refractivity contribution in [1.82, 2.24) is 0 Å². The Balaban J connectivity index is 1.57. The first-order chi connectivity index (χ1) is 13.5. The molecule has 2 nitrogen and oxygen atoms in total. The third-order valence-electron chi connectivity index (χ3n) is 12.2. The lowest BCUT2D eigenvalue weighted by Crippen LogP contribution is -2.37. The Kier molecular flexibility index (Phi) is 3.85. The lowest BCUT2D eigenvalue weighted by atomic mass is 9.62. The van der Waals surface area contributed by atoms with Crippen molar-refractivity contribution in [3.63, 3.8) is 0 Å². The van der Waals surface area contributed by atoms with Gasteiger partial charge in [0.2, 0.25) is 0 Å². The molecule has 0 amide bonds. The first kappa shape index (κ1) is 19.9. The summed E-state index contributed by atoms with van der Waals surface area (Å²) in [6.07, 6.45) is 7.09. The molecule has 4 aliphatic carbocycles. The predicted molar refractivity (Wildman–Crippen MR) is 118 cm³/mol. The van der Waals surface area contributed by atoms with Crippen LogP contribution in [0.3, 0.4) is 0 Å². The highest BCUT2D eigenvalue weighted by molar-refractivity contribution is 5.49. The maximum atomic E-state index is 11.6. The molecule has 0 aromatic heterocycles. The molecule has 6 unspecified atom stereocenters. The monoisotopic (exact) mass is 396 g/mol. The lowest BCUT2D eigenvalue weighted by molar-refractivity contribution is 0.0277. The Morgan fingerprint density at radius 2 is 1.55 bits per heavy atom. The molecule has 0 saturated heterocycles. The highest BCUT2D eigenvalue weighted by Gasteiger charge is 2.69. The fourth-order valence-corrected chi connectivity index (χ4v) is 8.92. The molecular weight excluding hydrogens is 356 g/mol. The molecule has 0 spiro atoms. The minimum Gasteiger partial charge on any atom is -0.507 e. The number of phenols is 1. The second kappa shape index (κ2) is 5.61. The van der Waals surface area contributed by atoms with Crippen LogP contribution in [0, 0.1) is 33.0 Å². The molecular formula is C27H40O2. The molecule has 1 aromatic rings. The molecule has 0 radical (unpaired) electrons. The number of aliphatic hydroxyl groups excluding tert-OH is 1. The molecule has 4 aliphatic rings. The Morgan fingerprint density at radius 1 is 0.897 bits per heavy atom. The summed E-state index contributed by atoms with van der Waals surface area (Å²) < 4.78 is 0. The minimum atomic E-state index is -0.00470. The number of fused-ring (bicyclic) bond motifs is 4. The first-order valence-corrected chi connectivity index (χ1v) is 11.9. The van der Waals surface area contributed by atoms with Gasteiger partial charge in [-0.2, -0.15) is 0 Å². The standard InChI is InChI=1S/C27H40O2/c1-23(2)17-10-11-25(23,5)20(14-17)18-8-7-9-19(22(18)29)21-15-27(16-28)13-12-26(21,6)24(27,3)4/h7-9,17,20-21,28-29H,10-16H2,1-6H3. The maximum absolute atomic E-state index is 11.6. The fourth-order valence-electron chi connectivity index (χ4n) is 8.92. The average molecular weight is 397 g/mol. The molecule has 0 heterocycles. The van der Waals surface area contributed by atoms with Gasteiger partial charge in [-0.15, -0.1) is 0 Å². The summed E-state index contributed by atoms with van der Waals surface area (Å²) in [6.45, 7) is 14.8. The summed E-state index contributed by atoms with van der Waals surface area (Å²) in [5.74, 6) is 2.14. The highest BCUT2D eigenvalue weighted by atomic mass is 16.3. The van der Waals surface area contributed by atoms with Crippen LogP contribution >= 0.6 is 0 Å².